The van der Waals surface area contributed by atoms with Gasteiger partial charge in [0.15, 0.2) is 0 Å². The van der Waals surface area contributed by atoms with E-state index in [9.17, 15) is 4.79 Å². The number of carbonyl (C=O) groups is 1. The molecule has 1 amide bonds. The minimum Gasteiger partial charge on any atom is -0.370 e. The van der Waals surface area contributed by atoms with E-state index in [1.54, 1.807) is 12.1 Å². The van der Waals surface area contributed by atoms with E-state index >= 15 is 0 Å². The van der Waals surface area contributed by atoms with Crippen LogP contribution in [0.4, 0.5) is 5.82 Å². The number of primary amides is 1. The van der Waals surface area contributed by atoms with Crippen molar-refractivity contribution in [3.63, 3.8) is 0 Å². The molecule has 1 aromatic heterocycles. The Bertz CT molecular complexity index is 371. The number of nitrogens with two attached hydrogens (primary N) is 1. The summed E-state index contributed by atoms with van der Waals surface area (Å²) in [4.78, 5) is 15.0. The molecule has 1 saturated heterocycles. The fourth-order valence-corrected chi connectivity index (χ4v) is 2.02. The predicted molar refractivity (Wildman–Crippen MR) is 66.9 cm³/mol. The first kappa shape index (κ1) is 11.9. The highest BCUT2D eigenvalue weighted by Crippen LogP contribution is 2.09. The van der Waals surface area contributed by atoms with E-state index in [1.165, 1.54) is 19.0 Å². The number of aromatic nitrogens is 1. The topological polar surface area (TPSA) is 80.0 Å². The lowest BCUT2D eigenvalue weighted by Crippen LogP contribution is -2.24. The Hall–Kier alpha value is -1.62. The fourth-order valence-electron chi connectivity index (χ4n) is 2.02. The smallest absolute Gasteiger partial charge is 0.250 e. The molecule has 92 valence electrons. The van der Waals surface area contributed by atoms with Gasteiger partial charge in [0, 0.05) is 18.8 Å². The Morgan fingerprint density at radius 1 is 1.59 bits per heavy atom. The lowest BCUT2D eigenvalue weighted by atomic mass is 10.1. The van der Waals surface area contributed by atoms with E-state index in [0.29, 0.717) is 11.6 Å². The zero-order chi connectivity index (χ0) is 12.1. The van der Waals surface area contributed by atoms with Crippen molar-refractivity contribution in [1.82, 2.24) is 10.3 Å². The van der Waals surface area contributed by atoms with E-state index in [1.807, 2.05) is 0 Å². The Morgan fingerprint density at radius 3 is 3.06 bits per heavy atom. The second-order valence-corrected chi connectivity index (χ2v) is 4.31. The molecule has 1 aliphatic heterocycles. The van der Waals surface area contributed by atoms with Gasteiger partial charge in [-0.2, -0.15) is 0 Å². The minimum absolute atomic E-state index is 0.438. The van der Waals surface area contributed by atoms with Crippen LogP contribution in [-0.2, 0) is 0 Å². The van der Waals surface area contributed by atoms with Gasteiger partial charge < -0.3 is 16.4 Å². The monoisotopic (exact) mass is 234 g/mol. The molecule has 0 bridgehead atoms. The van der Waals surface area contributed by atoms with Crippen molar-refractivity contribution in [2.75, 3.05) is 18.4 Å². The summed E-state index contributed by atoms with van der Waals surface area (Å²) in [7, 11) is 0. The van der Waals surface area contributed by atoms with Crippen LogP contribution in [0.1, 0.15) is 29.6 Å². The average Bonchev–Trinajstić information content (AvgIpc) is 2.83. The van der Waals surface area contributed by atoms with E-state index in [0.717, 1.165) is 25.3 Å². The van der Waals surface area contributed by atoms with E-state index in [-0.39, 0.29) is 0 Å². The predicted octanol–water partition coefficient (Wildman–Crippen LogP) is 0.734. The van der Waals surface area contributed by atoms with E-state index in [2.05, 4.69) is 15.6 Å². The molecular formula is C12H18N4O. The van der Waals surface area contributed by atoms with Crippen LogP contribution in [0.2, 0.25) is 0 Å². The maximum absolute atomic E-state index is 10.9. The zero-order valence-corrected chi connectivity index (χ0v) is 9.78. The molecule has 2 rings (SSSR count). The number of hydrogen-bond acceptors (Lipinski definition) is 4. The van der Waals surface area contributed by atoms with Gasteiger partial charge in [-0.3, -0.25) is 4.79 Å². The highest BCUT2D eigenvalue weighted by Gasteiger charge is 2.12. The van der Waals surface area contributed by atoms with Gasteiger partial charge in [-0.1, -0.05) is 0 Å². The molecule has 2 heterocycles. The Labute approximate surface area is 101 Å². The molecule has 0 spiro atoms. The minimum atomic E-state index is -0.445. The standard InChI is InChI=1S/C12H18N4O/c13-12(17)9-3-4-11(16-8-9)15-7-5-10-2-1-6-14-10/h3-4,8,10,14H,1-2,5-7H2,(H2,13,17)(H,15,16). The highest BCUT2D eigenvalue weighted by molar-refractivity contribution is 5.92. The summed E-state index contributed by atoms with van der Waals surface area (Å²) >= 11 is 0. The molecule has 0 aliphatic carbocycles. The van der Waals surface area contributed by atoms with Crippen molar-refractivity contribution in [2.24, 2.45) is 5.73 Å². The molecular weight excluding hydrogens is 216 g/mol. The maximum Gasteiger partial charge on any atom is 0.250 e. The van der Waals surface area contributed by atoms with Crippen LogP contribution in [0.15, 0.2) is 18.3 Å². The van der Waals surface area contributed by atoms with E-state index in [4.69, 9.17) is 5.73 Å². The summed E-state index contributed by atoms with van der Waals surface area (Å²) in [6, 6.07) is 4.10. The van der Waals surface area contributed by atoms with E-state index < -0.39 is 5.91 Å². The molecule has 17 heavy (non-hydrogen) atoms. The average molecular weight is 234 g/mol. The first-order valence-electron chi connectivity index (χ1n) is 5.99. The lowest BCUT2D eigenvalue weighted by molar-refractivity contribution is 0.1000. The lowest BCUT2D eigenvalue weighted by Gasteiger charge is -2.11. The van der Waals surface area contributed by atoms with Crippen molar-refractivity contribution in [2.45, 2.75) is 25.3 Å². The third-order valence-corrected chi connectivity index (χ3v) is 3.01. The largest absolute Gasteiger partial charge is 0.370 e. The summed E-state index contributed by atoms with van der Waals surface area (Å²) in [6.45, 7) is 2.02. The van der Waals surface area contributed by atoms with Crippen molar-refractivity contribution < 1.29 is 4.79 Å². The normalized spacial score (nSPS) is 19.2. The summed E-state index contributed by atoms with van der Waals surface area (Å²) in [5.74, 6) is 0.340. The number of pyridine rings is 1. The molecule has 4 N–H and O–H groups in total. The van der Waals surface area contributed by atoms with Crippen LogP contribution >= 0.6 is 0 Å². The zero-order valence-electron chi connectivity index (χ0n) is 9.78. The van der Waals surface area contributed by atoms with Gasteiger partial charge in [-0.05, 0) is 37.9 Å². The molecule has 1 aromatic rings. The van der Waals surface area contributed by atoms with Crippen LogP contribution in [-0.4, -0.2) is 30.0 Å². The number of rotatable bonds is 5. The second-order valence-electron chi connectivity index (χ2n) is 4.31. The molecule has 1 aliphatic rings. The molecule has 5 nitrogen and oxygen atoms in total. The van der Waals surface area contributed by atoms with Gasteiger partial charge in [0.2, 0.25) is 5.91 Å². The number of hydrogen-bond donors (Lipinski definition) is 3. The van der Waals surface area contributed by atoms with Crippen molar-refractivity contribution >= 4 is 11.7 Å². The molecule has 0 saturated carbocycles. The van der Waals surface area contributed by atoms with Gasteiger partial charge in [0.1, 0.15) is 5.82 Å². The molecule has 0 radical (unpaired) electrons. The van der Waals surface area contributed by atoms with Crippen LogP contribution < -0.4 is 16.4 Å². The van der Waals surface area contributed by atoms with Crippen molar-refractivity contribution in [1.29, 1.82) is 0 Å². The quantitative estimate of drug-likeness (QED) is 0.702. The summed E-state index contributed by atoms with van der Waals surface area (Å²) < 4.78 is 0. The third-order valence-electron chi connectivity index (χ3n) is 3.01. The Morgan fingerprint density at radius 2 is 2.47 bits per heavy atom. The van der Waals surface area contributed by atoms with Crippen molar-refractivity contribution in [3.8, 4) is 0 Å². The summed E-state index contributed by atoms with van der Waals surface area (Å²) in [6.07, 6.45) is 5.13. The number of carbonyl (C=O) groups excluding carboxylic acids is 1. The molecule has 1 fully saturated rings. The third kappa shape index (κ3) is 3.42. The fraction of sp³-hybridized carbons (Fsp3) is 0.500. The number of nitrogens with zero attached hydrogens (tertiary/aromatic N) is 1. The van der Waals surface area contributed by atoms with Gasteiger partial charge >= 0.3 is 0 Å². The second kappa shape index (κ2) is 5.63. The SMILES string of the molecule is NC(=O)c1ccc(NCCC2CCCN2)nc1. The number of anilines is 1. The van der Waals surface area contributed by atoms with Gasteiger partial charge in [-0.15, -0.1) is 0 Å². The summed E-state index contributed by atoms with van der Waals surface area (Å²) in [5.41, 5.74) is 5.58. The number of amides is 1. The van der Waals surface area contributed by atoms with Crippen LogP contribution in [0, 0.1) is 0 Å². The van der Waals surface area contributed by atoms with Gasteiger partial charge in [-0.25, -0.2) is 4.98 Å². The van der Waals surface area contributed by atoms with Crippen LogP contribution in [0.3, 0.4) is 0 Å². The Kier molecular flexibility index (Phi) is 3.93. The van der Waals surface area contributed by atoms with Gasteiger partial charge in [0.25, 0.3) is 0 Å². The van der Waals surface area contributed by atoms with Crippen molar-refractivity contribution in [3.05, 3.63) is 23.9 Å². The van der Waals surface area contributed by atoms with Crippen LogP contribution in [0.25, 0.3) is 0 Å². The summed E-state index contributed by atoms with van der Waals surface area (Å²) in [5, 5.41) is 6.68. The first-order chi connectivity index (χ1) is 8.25. The molecule has 1 atom stereocenters. The first-order valence-corrected chi connectivity index (χ1v) is 5.99. The molecule has 5 heteroatoms. The maximum atomic E-state index is 10.9. The van der Waals surface area contributed by atoms with Crippen LogP contribution in [0.5, 0.6) is 0 Å². The molecule has 1 unspecified atom stereocenters. The Balaban J connectivity index is 1.76. The number of nitrogens with one attached hydrogen (secondary N) is 2. The van der Waals surface area contributed by atoms with Gasteiger partial charge in [0.05, 0.1) is 5.56 Å². The highest BCUT2D eigenvalue weighted by atomic mass is 16.1. The molecule has 0 aromatic carbocycles.